The van der Waals surface area contributed by atoms with E-state index in [0.717, 1.165) is 33.7 Å². The van der Waals surface area contributed by atoms with Gasteiger partial charge in [-0.3, -0.25) is 0 Å². The van der Waals surface area contributed by atoms with Gasteiger partial charge < -0.3 is 14.7 Å². The van der Waals surface area contributed by atoms with E-state index in [1.807, 2.05) is 26.8 Å². The summed E-state index contributed by atoms with van der Waals surface area (Å²) >= 11 is 0. The molecule has 0 aliphatic rings. The molecule has 2 N–H and O–H groups in total. The van der Waals surface area contributed by atoms with Crippen LogP contribution >= 0.6 is 0 Å². The smallest absolute Gasteiger partial charge is 0.228 e. The van der Waals surface area contributed by atoms with Crippen molar-refractivity contribution in [2.24, 2.45) is 0 Å². The van der Waals surface area contributed by atoms with Crippen molar-refractivity contribution in [3.05, 3.63) is 29.5 Å². The number of pyridine rings is 1. The van der Waals surface area contributed by atoms with Gasteiger partial charge >= 0.3 is 0 Å². The summed E-state index contributed by atoms with van der Waals surface area (Å²) in [6.07, 6.45) is 1.51. The van der Waals surface area contributed by atoms with Crippen molar-refractivity contribution < 1.29 is 8.94 Å². The minimum atomic E-state index is 0.544. The molecule has 5 nitrogen and oxygen atoms in total. The molecule has 0 saturated heterocycles. The summed E-state index contributed by atoms with van der Waals surface area (Å²) in [5, 5.41) is 4.79. The Morgan fingerprint density at radius 1 is 1.22 bits per heavy atom. The van der Waals surface area contributed by atoms with Gasteiger partial charge in [0.25, 0.3) is 0 Å². The summed E-state index contributed by atoms with van der Waals surface area (Å²) in [6.45, 7) is 5.71. The van der Waals surface area contributed by atoms with Gasteiger partial charge in [0.05, 0.1) is 16.8 Å². The van der Waals surface area contributed by atoms with Crippen molar-refractivity contribution >= 4 is 16.8 Å². The van der Waals surface area contributed by atoms with Crippen molar-refractivity contribution in [1.29, 1.82) is 0 Å². The lowest BCUT2D eigenvalue weighted by Crippen LogP contribution is -1.91. The second-order valence-corrected chi connectivity index (χ2v) is 4.38. The molecule has 0 atom stereocenters. The van der Waals surface area contributed by atoms with Crippen LogP contribution in [0.3, 0.4) is 0 Å². The summed E-state index contributed by atoms with van der Waals surface area (Å²) in [6, 6.07) is 1.97. The van der Waals surface area contributed by atoms with E-state index >= 15 is 0 Å². The predicted octanol–water partition coefficient (Wildman–Crippen LogP) is 2.99. The Bertz CT molecular complexity index is 721. The van der Waals surface area contributed by atoms with E-state index in [4.69, 9.17) is 14.7 Å². The number of hydrogen-bond donors (Lipinski definition) is 1. The second kappa shape index (κ2) is 3.60. The minimum absolute atomic E-state index is 0.544. The molecular weight excluding hydrogens is 230 g/mol. The van der Waals surface area contributed by atoms with Crippen molar-refractivity contribution in [2.75, 3.05) is 5.73 Å². The molecule has 0 radical (unpaired) electrons. The highest BCUT2D eigenvalue weighted by Crippen LogP contribution is 2.36. The standard InChI is InChI=1S/C13H13N3O2/c1-6-4-9(11-7(2)16-18-8(11)3)12-10(14)5-17-13(12)15-6/h4-5H,14H2,1-3H3. The first-order chi connectivity index (χ1) is 8.58. The normalized spacial score (nSPS) is 11.3. The molecule has 0 aliphatic carbocycles. The fourth-order valence-corrected chi connectivity index (χ4v) is 2.25. The number of hydrogen-bond acceptors (Lipinski definition) is 5. The van der Waals surface area contributed by atoms with E-state index in [-0.39, 0.29) is 0 Å². The van der Waals surface area contributed by atoms with Crippen LogP contribution in [0.5, 0.6) is 0 Å². The zero-order valence-electron chi connectivity index (χ0n) is 10.4. The SMILES string of the molecule is Cc1cc(-c2c(C)noc2C)c2c(N)coc2n1. The number of anilines is 1. The van der Waals surface area contributed by atoms with Crippen molar-refractivity contribution in [1.82, 2.24) is 10.1 Å². The zero-order chi connectivity index (χ0) is 12.9. The molecule has 3 aromatic rings. The van der Waals surface area contributed by atoms with Gasteiger partial charge in [0.15, 0.2) is 0 Å². The van der Waals surface area contributed by atoms with Gasteiger partial charge in [-0.15, -0.1) is 0 Å². The Hall–Kier alpha value is -2.30. The summed E-state index contributed by atoms with van der Waals surface area (Å²) < 4.78 is 10.6. The minimum Gasteiger partial charge on any atom is -0.444 e. The number of furan rings is 1. The van der Waals surface area contributed by atoms with Crippen LogP contribution in [0.1, 0.15) is 17.1 Å². The Kier molecular flexibility index (Phi) is 2.16. The second-order valence-electron chi connectivity index (χ2n) is 4.38. The molecule has 3 aromatic heterocycles. The monoisotopic (exact) mass is 243 g/mol. The molecule has 18 heavy (non-hydrogen) atoms. The van der Waals surface area contributed by atoms with E-state index in [0.29, 0.717) is 11.4 Å². The molecule has 3 rings (SSSR count). The van der Waals surface area contributed by atoms with Crippen molar-refractivity contribution in [3.8, 4) is 11.1 Å². The molecule has 0 amide bonds. The fraction of sp³-hybridized carbons (Fsp3) is 0.231. The first-order valence-corrected chi connectivity index (χ1v) is 5.65. The Balaban J connectivity index is 2.45. The van der Waals surface area contributed by atoms with Gasteiger partial charge in [0.1, 0.15) is 12.0 Å². The zero-order valence-corrected chi connectivity index (χ0v) is 10.4. The molecule has 5 heteroatoms. The average Bonchev–Trinajstić information content (AvgIpc) is 2.83. The maximum Gasteiger partial charge on any atom is 0.228 e. The maximum atomic E-state index is 5.95. The third-order valence-corrected chi connectivity index (χ3v) is 3.00. The van der Waals surface area contributed by atoms with Crippen molar-refractivity contribution in [2.45, 2.75) is 20.8 Å². The van der Waals surface area contributed by atoms with Gasteiger partial charge in [-0.05, 0) is 26.8 Å². The summed E-state index contributed by atoms with van der Waals surface area (Å²) in [7, 11) is 0. The molecule has 0 bridgehead atoms. The lowest BCUT2D eigenvalue weighted by Gasteiger charge is -2.04. The largest absolute Gasteiger partial charge is 0.444 e. The first-order valence-electron chi connectivity index (χ1n) is 5.65. The van der Waals surface area contributed by atoms with E-state index in [2.05, 4.69) is 10.1 Å². The summed E-state index contributed by atoms with van der Waals surface area (Å²) in [5.74, 6) is 0.764. The molecule has 0 saturated carbocycles. The van der Waals surface area contributed by atoms with Gasteiger partial charge in [-0.2, -0.15) is 0 Å². The average molecular weight is 243 g/mol. The predicted molar refractivity (Wildman–Crippen MR) is 68.1 cm³/mol. The van der Waals surface area contributed by atoms with Gasteiger partial charge in [-0.25, -0.2) is 4.98 Å². The van der Waals surface area contributed by atoms with Crippen LogP contribution < -0.4 is 5.73 Å². The summed E-state index contributed by atoms with van der Waals surface area (Å²) in [4.78, 5) is 4.33. The molecule has 0 fully saturated rings. The van der Waals surface area contributed by atoms with E-state index in [9.17, 15) is 0 Å². The number of fused-ring (bicyclic) bond motifs is 1. The Morgan fingerprint density at radius 3 is 2.67 bits per heavy atom. The van der Waals surface area contributed by atoms with Gasteiger partial charge in [0, 0.05) is 16.8 Å². The Labute approximate surface area is 104 Å². The fourth-order valence-electron chi connectivity index (χ4n) is 2.25. The van der Waals surface area contributed by atoms with Crippen LogP contribution in [0.15, 0.2) is 21.3 Å². The third kappa shape index (κ3) is 1.40. The first kappa shape index (κ1) is 10.8. The number of nitrogen functional groups attached to an aromatic ring is 1. The van der Waals surface area contributed by atoms with Crippen molar-refractivity contribution in [3.63, 3.8) is 0 Å². The number of aromatic nitrogens is 2. The van der Waals surface area contributed by atoms with Gasteiger partial charge in [0.2, 0.25) is 5.71 Å². The van der Waals surface area contributed by atoms with Crippen LogP contribution in [-0.2, 0) is 0 Å². The number of rotatable bonds is 1. The molecule has 0 aromatic carbocycles. The Morgan fingerprint density at radius 2 is 2.00 bits per heavy atom. The molecule has 92 valence electrons. The van der Waals surface area contributed by atoms with E-state index < -0.39 is 0 Å². The molecular formula is C13H13N3O2. The highest BCUT2D eigenvalue weighted by atomic mass is 16.5. The lowest BCUT2D eigenvalue weighted by molar-refractivity contribution is 0.393. The molecule has 0 unspecified atom stereocenters. The lowest BCUT2D eigenvalue weighted by atomic mass is 10.0. The van der Waals surface area contributed by atoms with E-state index in [1.54, 1.807) is 0 Å². The van der Waals surface area contributed by atoms with Crippen LogP contribution in [0, 0.1) is 20.8 Å². The number of aryl methyl sites for hydroxylation is 3. The molecule has 3 heterocycles. The topological polar surface area (TPSA) is 78.1 Å². The maximum absolute atomic E-state index is 5.95. The van der Waals surface area contributed by atoms with Crippen LogP contribution in [0.25, 0.3) is 22.2 Å². The van der Waals surface area contributed by atoms with Gasteiger partial charge in [-0.1, -0.05) is 5.16 Å². The third-order valence-electron chi connectivity index (χ3n) is 3.00. The molecule has 0 aliphatic heterocycles. The van der Waals surface area contributed by atoms with E-state index in [1.165, 1.54) is 6.26 Å². The van der Waals surface area contributed by atoms with Crippen LogP contribution in [-0.4, -0.2) is 10.1 Å². The van der Waals surface area contributed by atoms with Crippen LogP contribution in [0.4, 0.5) is 5.69 Å². The highest BCUT2D eigenvalue weighted by molar-refractivity contribution is 6.01. The highest BCUT2D eigenvalue weighted by Gasteiger charge is 2.18. The summed E-state index contributed by atoms with van der Waals surface area (Å²) in [5.41, 5.74) is 10.7. The molecule has 0 spiro atoms. The number of nitrogens with zero attached hydrogens (tertiary/aromatic N) is 2. The quantitative estimate of drug-likeness (QED) is 0.710. The van der Waals surface area contributed by atoms with Crippen LogP contribution in [0.2, 0.25) is 0 Å². The number of nitrogens with two attached hydrogens (primary N) is 1.